The topological polar surface area (TPSA) is 68.3 Å². The number of fused-ring (bicyclic) bond motifs is 1. The number of nitrogens with zero attached hydrogens (tertiary/aromatic N) is 1. The average molecular weight is 503 g/mol. The second kappa shape index (κ2) is 10.4. The summed E-state index contributed by atoms with van der Waals surface area (Å²) in [5.41, 5.74) is 1.45. The molecule has 0 bridgehead atoms. The molecule has 0 unspecified atom stereocenters. The molecule has 4 rings (SSSR count). The van der Waals surface area contributed by atoms with Crippen LogP contribution in [0.5, 0.6) is 0 Å². The van der Waals surface area contributed by atoms with E-state index in [4.69, 9.17) is 27.9 Å². The highest BCUT2D eigenvalue weighted by Crippen LogP contribution is 2.33. The van der Waals surface area contributed by atoms with Crippen molar-refractivity contribution >= 4 is 74.1 Å². The molecule has 0 saturated carbocycles. The molecule has 0 atom stereocenters. The fraction of sp³-hybridized carbons (Fsp3) is 0.0870. The lowest BCUT2D eigenvalue weighted by molar-refractivity contribution is -0.144. The molecule has 0 aliphatic rings. The number of anilines is 1. The van der Waals surface area contributed by atoms with Gasteiger partial charge in [0.25, 0.3) is 5.91 Å². The number of ether oxygens (including phenoxy) is 1. The molecule has 1 amide bonds. The van der Waals surface area contributed by atoms with Gasteiger partial charge in [0.1, 0.15) is 0 Å². The SMILES string of the molecule is O=C(COC(=O)CSc1cccc2cccc(Cl)c12)Nc1nc(-c2ccccc2Cl)cs1. The first kappa shape index (κ1) is 22.6. The third-order valence-corrected chi connectivity index (χ3v) is 6.86. The molecule has 9 heteroatoms. The number of nitrogens with one attached hydrogen (secondary N) is 1. The molecule has 32 heavy (non-hydrogen) atoms. The van der Waals surface area contributed by atoms with E-state index in [9.17, 15) is 9.59 Å². The Hall–Kier alpha value is -2.58. The monoisotopic (exact) mass is 502 g/mol. The van der Waals surface area contributed by atoms with Crippen molar-refractivity contribution in [1.82, 2.24) is 4.98 Å². The molecule has 3 aromatic carbocycles. The summed E-state index contributed by atoms with van der Waals surface area (Å²) in [6.45, 7) is -0.392. The van der Waals surface area contributed by atoms with Gasteiger partial charge >= 0.3 is 5.97 Å². The fourth-order valence-corrected chi connectivity index (χ4v) is 5.19. The van der Waals surface area contributed by atoms with Crippen LogP contribution in [0.25, 0.3) is 22.0 Å². The summed E-state index contributed by atoms with van der Waals surface area (Å²) in [7, 11) is 0. The maximum atomic E-state index is 12.2. The Morgan fingerprint density at radius 2 is 1.75 bits per heavy atom. The Morgan fingerprint density at radius 1 is 1.00 bits per heavy atom. The number of hydrogen-bond acceptors (Lipinski definition) is 6. The number of thioether (sulfide) groups is 1. The van der Waals surface area contributed by atoms with Crippen LogP contribution >= 0.6 is 46.3 Å². The second-order valence-electron chi connectivity index (χ2n) is 6.61. The van der Waals surface area contributed by atoms with E-state index in [-0.39, 0.29) is 5.75 Å². The number of amides is 1. The van der Waals surface area contributed by atoms with Gasteiger partial charge < -0.3 is 4.74 Å². The van der Waals surface area contributed by atoms with Crippen molar-refractivity contribution in [3.63, 3.8) is 0 Å². The van der Waals surface area contributed by atoms with Crippen LogP contribution in [0, 0.1) is 0 Å². The number of thiazole rings is 1. The van der Waals surface area contributed by atoms with Gasteiger partial charge in [-0.15, -0.1) is 23.1 Å². The van der Waals surface area contributed by atoms with E-state index in [0.717, 1.165) is 21.2 Å². The Labute approximate surface area is 202 Å². The maximum Gasteiger partial charge on any atom is 0.316 e. The zero-order valence-corrected chi connectivity index (χ0v) is 19.7. The summed E-state index contributed by atoms with van der Waals surface area (Å²) in [6, 6.07) is 18.8. The van der Waals surface area contributed by atoms with Crippen LogP contribution in [0.1, 0.15) is 0 Å². The van der Waals surface area contributed by atoms with Crippen molar-refractivity contribution < 1.29 is 14.3 Å². The van der Waals surface area contributed by atoms with E-state index in [1.165, 1.54) is 23.1 Å². The molecule has 0 spiro atoms. The van der Waals surface area contributed by atoms with Crippen LogP contribution < -0.4 is 5.32 Å². The molecule has 4 aromatic rings. The number of carbonyl (C=O) groups is 2. The van der Waals surface area contributed by atoms with E-state index < -0.39 is 18.5 Å². The van der Waals surface area contributed by atoms with E-state index in [2.05, 4.69) is 10.3 Å². The summed E-state index contributed by atoms with van der Waals surface area (Å²) in [5.74, 6) is -0.896. The molecule has 0 aliphatic carbocycles. The molecule has 1 heterocycles. The maximum absolute atomic E-state index is 12.2. The summed E-state index contributed by atoms with van der Waals surface area (Å²) in [6.07, 6.45) is 0. The smallest absolute Gasteiger partial charge is 0.316 e. The molecule has 1 aromatic heterocycles. The first-order valence-corrected chi connectivity index (χ1v) is 12.1. The van der Waals surface area contributed by atoms with E-state index in [1.807, 2.05) is 54.6 Å². The summed E-state index contributed by atoms with van der Waals surface area (Å²) in [5, 5.41) is 7.93. The molecule has 0 aliphatic heterocycles. The van der Waals surface area contributed by atoms with Gasteiger partial charge in [0.05, 0.1) is 11.4 Å². The van der Waals surface area contributed by atoms with Crippen LogP contribution in [0.3, 0.4) is 0 Å². The number of hydrogen-bond donors (Lipinski definition) is 1. The minimum absolute atomic E-state index is 0.0610. The van der Waals surface area contributed by atoms with Crippen LogP contribution in [0.4, 0.5) is 5.13 Å². The summed E-state index contributed by atoms with van der Waals surface area (Å²) < 4.78 is 5.10. The number of rotatable bonds is 7. The fourth-order valence-electron chi connectivity index (χ4n) is 2.99. The lowest BCUT2D eigenvalue weighted by Crippen LogP contribution is -2.21. The quantitative estimate of drug-likeness (QED) is 0.229. The van der Waals surface area contributed by atoms with Crippen LogP contribution in [0.15, 0.2) is 70.9 Å². The van der Waals surface area contributed by atoms with Crippen molar-refractivity contribution in [2.24, 2.45) is 0 Å². The van der Waals surface area contributed by atoms with E-state index in [1.54, 1.807) is 11.4 Å². The third kappa shape index (κ3) is 5.42. The number of halogens is 2. The molecule has 162 valence electrons. The van der Waals surface area contributed by atoms with Crippen molar-refractivity contribution in [3.05, 3.63) is 76.1 Å². The van der Waals surface area contributed by atoms with Crippen molar-refractivity contribution in [2.75, 3.05) is 17.7 Å². The Balaban J connectivity index is 1.29. The lowest BCUT2D eigenvalue weighted by Gasteiger charge is -2.08. The molecule has 5 nitrogen and oxygen atoms in total. The highest BCUT2D eigenvalue weighted by molar-refractivity contribution is 8.00. The number of benzene rings is 3. The lowest BCUT2D eigenvalue weighted by atomic mass is 10.1. The molecule has 1 N–H and O–H groups in total. The summed E-state index contributed by atoms with van der Waals surface area (Å²) >= 11 is 15.1. The van der Waals surface area contributed by atoms with Gasteiger partial charge in [0.15, 0.2) is 11.7 Å². The van der Waals surface area contributed by atoms with E-state index >= 15 is 0 Å². The Bertz CT molecular complexity index is 1290. The van der Waals surface area contributed by atoms with Crippen LogP contribution in [0.2, 0.25) is 10.0 Å². The van der Waals surface area contributed by atoms with Gasteiger partial charge in [0.2, 0.25) is 0 Å². The molecule has 0 saturated heterocycles. The largest absolute Gasteiger partial charge is 0.455 e. The average Bonchev–Trinajstić information content (AvgIpc) is 3.24. The number of aromatic nitrogens is 1. The Kier molecular flexibility index (Phi) is 7.32. The van der Waals surface area contributed by atoms with Crippen molar-refractivity contribution in [3.8, 4) is 11.3 Å². The first-order chi connectivity index (χ1) is 15.5. The standard InChI is InChI=1S/C23H16Cl2N2O3S2/c24-16-8-2-1-7-15(16)18-12-32-23(26-18)27-20(28)11-30-21(29)13-31-19-10-4-6-14-5-3-9-17(25)22(14)19/h1-10,12H,11,13H2,(H,26,27,28). The van der Waals surface area contributed by atoms with Gasteiger partial charge in [-0.1, -0.05) is 65.7 Å². The minimum atomic E-state index is -0.495. The summed E-state index contributed by atoms with van der Waals surface area (Å²) in [4.78, 5) is 29.5. The van der Waals surface area contributed by atoms with Gasteiger partial charge in [-0.05, 0) is 23.6 Å². The minimum Gasteiger partial charge on any atom is -0.455 e. The molecule has 0 radical (unpaired) electrons. The van der Waals surface area contributed by atoms with Crippen LogP contribution in [-0.4, -0.2) is 29.2 Å². The predicted octanol–water partition coefficient (Wildman–Crippen LogP) is 6.54. The zero-order chi connectivity index (χ0) is 22.5. The highest BCUT2D eigenvalue weighted by atomic mass is 35.5. The van der Waals surface area contributed by atoms with Gasteiger partial charge in [-0.2, -0.15) is 0 Å². The van der Waals surface area contributed by atoms with Gasteiger partial charge in [0, 0.05) is 31.3 Å². The van der Waals surface area contributed by atoms with Crippen LogP contribution in [-0.2, 0) is 14.3 Å². The van der Waals surface area contributed by atoms with Gasteiger partial charge in [-0.25, -0.2) is 4.98 Å². The van der Waals surface area contributed by atoms with E-state index in [0.29, 0.717) is 20.9 Å². The third-order valence-electron chi connectivity index (χ3n) is 4.43. The van der Waals surface area contributed by atoms with Crippen molar-refractivity contribution in [2.45, 2.75) is 4.90 Å². The molecular formula is C23H16Cl2N2O3S2. The predicted molar refractivity (Wildman–Crippen MR) is 132 cm³/mol. The second-order valence-corrected chi connectivity index (χ2v) is 9.30. The Morgan fingerprint density at radius 3 is 2.56 bits per heavy atom. The molecular weight excluding hydrogens is 487 g/mol. The zero-order valence-electron chi connectivity index (χ0n) is 16.5. The first-order valence-electron chi connectivity index (χ1n) is 9.47. The molecule has 0 fully saturated rings. The van der Waals surface area contributed by atoms with Crippen molar-refractivity contribution in [1.29, 1.82) is 0 Å². The van der Waals surface area contributed by atoms with Gasteiger partial charge in [-0.3, -0.25) is 14.9 Å². The normalized spacial score (nSPS) is 10.8. The number of esters is 1. The highest BCUT2D eigenvalue weighted by Gasteiger charge is 2.13. The number of carbonyl (C=O) groups excluding carboxylic acids is 2.